The molecule has 2 heterocycles. The van der Waals surface area contributed by atoms with E-state index in [1.165, 1.54) is 11.7 Å². The van der Waals surface area contributed by atoms with Gasteiger partial charge in [0.25, 0.3) is 0 Å². The van der Waals surface area contributed by atoms with Crippen LogP contribution in [0.2, 0.25) is 0 Å². The molecule has 1 aliphatic heterocycles. The highest BCUT2D eigenvalue weighted by Crippen LogP contribution is 2.30. The summed E-state index contributed by atoms with van der Waals surface area (Å²) in [5.74, 6) is -0.160. The number of para-hydroxylation sites is 1. The van der Waals surface area contributed by atoms with E-state index in [4.69, 9.17) is 4.98 Å². The number of anilines is 1. The molecule has 0 bridgehead atoms. The SMILES string of the molecule is Cc1cccc2sc(N3CCN(C(=O)CN(C)S(C)(=O)=O)CC3)nc12. The van der Waals surface area contributed by atoms with Crippen LogP contribution in [0.1, 0.15) is 5.56 Å². The van der Waals surface area contributed by atoms with Crippen molar-refractivity contribution >= 4 is 42.6 Å². The Balaban J connectivity index is 1.63. The average Bonchev–Trinajstić information content (AvgIpc) is 2.99. The van der Waals surface area contributed by atoms with Crippen molar-refractivity contribution in [3.63, 3.8) is 0 Å². The number of piperazine rings is 1. The molecule has 9 heteroatoms. The van der Waals surface area contributed by atoms with E-state index in [1.54, 1.807) is 16.2 Å². The van der Waals surface area contributed by atoms with E-state index in [9.17, 15) is 13.2 Å². The second-order valence-corrected chi connectivity index (χ2v) is 9.40. The summed E-state index contributed by atoms with van der Waals surface area (Å²) in [5.41, 5.74) is 2.20. The molecule has 1 aliphatic rings. The first kappa shape index (κ1) is 18.1. The van der Waals surface area contributed by atoms with Gasteiger partial charge in [-0.1, -0.05) is 23.5 Å². The second kappa shape index (κ2) is 6.89. The predicted octanol–water partition coefficient (Wildman–Crippen LogP) is 1.14. The quantitative estimate of drug-likeness (QED) is 0.793. The molecule has 0 saturated carbocycles. The van der Waals surface area contributed by atoms with Crippen LogP contribution in [0.3, 0.4) is 0 Å². The molecule has 1 amide bonds. The summed E-state index contributed by atoms with van der Waals surface area (Å²) in [5, 5.41) is 0.977. The fourth-order valence-corrected chi connectivity index (χ4v) is 4.20. The normalized spacial score (nSPS) is 16.0. The zero-order chi connectivity index (χ0) is 18.2. The van der Waals surface area contributed by atoms with Crippen molar-refractivity contribution in [2.24, 2.45) is 0 Å². The van der Waals surface area contributed by atoms with Gasteiger partial charge in [0, 0.05) is 33.2 Å². The van der Waals surface area contributed by atoms with E-state index in [0.717, 1.165) is 26.8 Å². The first-order chi connectivity index (χ1) is 11.8. The van der Waals surface area contributed by atoms with Gasteiger partial charge in [-0.25, -0.2) is 13.4 Å². The summed E-state index contributed by atoms with van der Waals surface area (Å²) in [6.45, 7) is 4.50. The third-order valence-electron chi connectivity index (χ3n) is 4.44. The average molecular weight is 383 g/mol. The summed E-state index contributed by atoms with van der Waals surface area (Å²) < 4.78 is 25.1. The molecule has 0 aliphatic carbocycles. The van der Waals surface area contributed by atoms with Crippen LogP contribution in [-0.2, 0) is 14.8 Å². The molecule has 7 nitrogen and oxygen atoms in total. The number of thiazole rings is 1. The van der Waals surface area contributed by atoms with E-state index in [2.05, 4.69) is 24.0 Å². The van der Waals surface area contributed by atoms with E-state index in [-0.39, 0.29) is 12.5 Å². The molecule has 1 aromatic heterocycles. The number of fused-ring (bicyclic) bond motifs is 1. The number of aromatic nitrogens is 1. The molecule has 1 aromatic carbocycles. The maximum Gasteiger partial charge on any atom is 0.238 e. The molecule has 0 spiro atoms. The van der Waals surface area contributed by atoms with Gasteiger partial charge in [-0.3, -0.25) is 4.79 Å². The Kier molecular flexibility index (Phi) is 4.99. The number of sulfonamides is 1. The smallest absolute Gasteiger partial charge is 0.238 e. The zero-order valence-electron chi connectivity index (χ0n) is 14.6. The Bertz CT molecular complexity index is 886. The number of benzene rings is 1. The first-order valence-corrected chi connectivity index (χ1v) is 10.7. The molecule has 1 saturated heterocycles. The van der Waals surface area contributed by atoms with E-state index in [0.29, 0.717) is 26.2 Å². The Labute approximate surface area is 151 Å². The number of carbonyl (C=O) groups is 1. The van der Waals surface area contributed by atoms with Crippen LogP contribution in [0.4, 0.5) is 5.13 Å². The van der Waals surface area contributed by atoms with Crippen molar-refractivity contribution in [3.8, 4) is 0 Å². The lowest BCUT2D eigenvalue weighted by Gasteiger charge is -2.35. The predicted molar refractivity (Wildman–Crippen MR) is 101 cm³/mol. The highest BCUT2D eigenvalue weighted by molar-refractivity contribution is 7.88. The van der Waals surface area contributed by atoms with Gasteiger partial charge in [0.15, 0.2) is 5.13 Å². The maximum absolute atomic E-state index is 12.3. The summed E-state index contributed by atoms with van der Waals surface area (Å²) in [4.78, 5) is 20.9. The van der Waals surface area contributed by atoms with Crippen LogP contribution in [0.15, 0.2) is 18.2 Å². The lowest BCUT2D eigenvalue weighted by atomic mass is 10.2. The summed E-state index contributed by atoms with van der Waals surface area (Å²) in [6, 6.07) is 6.17. The molecule has 1 fully saturated rings. The van der Waals surface area contributed by atoms with Crippen molar-refractivity contribution in [1.82, 2.24) is 14.2 Å². The van der Waals surface area contributed by atoms with Gasteiger partial charge < -0.3 is 9.80 Å². The third-order valence-corrected chi connectivity index (χ3v) is 6.78. The van der Waals surface area contributed by atoms with Gasteiger partial charge in [0.1, 0.15) is 0 Å². The monoisotopic (exact) mass is 382 g/mol. The number of rotatable bonds is 4. The lowest BCUT2D eigenvalue weighted by molar-refractivity contribution is -0.131. The largest absolute Gasteiger partial charge is 0.345 e. The fraction of sp³-hybridized carbons (Fsp3) is 0.500. The molecule has 0 atom stereocenters. The van der Waals surface area contributed by atoms with Crippen LogP contribution in [0.5, 0.6) is 0 Å². The molecule has 25 heavy (non-hydrogen) atoms. The standard InChI is InChI=1S/C16H22N4O3S2/c1-12-5-4-6-13-15(12)17-16(24-13)20-9-7-19(8-10-20)14(21)11-18(2)25(3,22)23/h4-6H,7-11H2,1-3H3. The van der Waals surface area contributed by atoms with Crippen LogP contribution in [0, 0.1) is 6.92 Å². The van der Waals surface area contributed by atoms with Gasteiger partial charge in [0.2, 0.25) is 15.9 Å². The van der Waals surface area contributed by atoms with Gasteiger partial charge in [-0.05, 0) is 18.6 Å². The molecule has 0 N–H and O–H groups in total. The first-order valence-electron chi connectivity index (χ1n) is 8.06. The van der Waals surface area contributed by atoms with Crippen molar-refractivity contribution in [2.45, 2.75) is 6.92 Å². The highest BCUT2D eigenvalue weighted by atomic mass is 32.2. The molecule has 2 aromatic rings. The third kappa shape index (κ3) is 3.94. The van der Waals surface area contributed by atoms with Gasteiger partial charge in [-0.2, -0.15) is 4.31 Å². The van der Waals surface area contributed by atoms with Crippen LogP contribution in [-0.4, -0.2) is 74.5 Å². The zero-order valence-corrected chi connectivity index (χ0v) is 16.2. The van der Waals surface area contributed by atoms with Crippen LogP contribution >= 0.6 is 11.3 Å². The number of nitrogens with zero attached hydrogens (tertiary/aromatic N) is 4. The van der Waals surface area contributed by atoms with Crippen molar-refractivity contribution in [2.75, 3.05) is 50.9 Å². The number of amides is 1. The molecule has 0 radical (unpaired) electrons. The fourth-order valence-electron chi connectivity index (χ4n) is 2.76. The molecular formula is C16H22N4O3S2. The van der Waals surface area contributed by atoms with Crippen LogP contribution in [0.25, 0.3) is 10.2 Å². The van der Waals surface area contributed by atoms with E-state index >= 15 is 0 Å². The molecule has 3 rings (SSSR count). The number of likely N-dealkylation sites (N-methyl/N-ethyl adjacent to an activating group) is 1. The van der Waals surface area contributed by atoms with Crippen molar-refractivity contribution in [1.29, 1.82) is 0 Å². The highest BCUT2D eigenvalue weighted by Gasteiger charge is 2.25. The molecule has 0 unspecified atom stereocenters. The Morgan fingerprint density at radius 3 is 2.56 bits per heavy atom. The molecular weight excluding hydrogens is 360 g/mol. The Morgan fingerprint density at radius 1 is 1.28 bits per heavy atom. The Hall–Kier alpha value is -1.71. The minimum absolute atomic E-state index is 0.112. The number of hydrogen-bond donors (Lipinski definition) is 0. The number of aryl methyl sites for hydroxylation is 1. The van der Waals surface area contributed by atoms with E-state index in [1.807, 2.05) is 6.07 Å². The van der Waals surface area contributed by atoms with Gasteiger partial charge in [-0.15, -0.1) is 0 Å². The summed E-state index contributed by atoms with van der Waals surface area (Å²) in [6.07, 6.45) is 1.10. The van der Waals surface area contributed by atoms with E-state index < -0.39 is 10.0 Å². The second-order valence-electron chi connectivity index (χ2n) is 6.30. The minimum Gasteiger partial charge on any atom is -0.345 e. The molecule has 136 valence electrons. The Morgan fingerprint density at radius 2 is 1.96 bits per heavy atom. The van der Waals surface area contributed by atoms with Crippen molar-refractivity contribution < 1.29 is 13.2 Å². The number of carbonyl (C=O) groups excluding carboxylic acids is 1. The number of hydrogen-bond acceptors (Lipinski definition) is 6. The topological polar surface area (TPSA) is 73.8 Å². The summed E-state index contributed by atoms with van der Waals surface area (Å²) >= 11 is 1.67. The van der Waals surface area contributed by atoms with Crippen LogP contribution < -0.4 is 4.90 Å². The van der Waals surface area contributed by atoms with Gasteiger partial charge >= 0.3 is 0 Å². The maximum atomic E-state index is 12.3. The van der Waals surface area contributed by atoms with Gasteiger partial charge in [0.05, 0.1) is 23.0 Å². The summed E-state index contributed by atoms with van der Waals surface area (Å²) in [7, 11) is -1.92. The minimum atomic E-state index is -3.34. The van der Waals surface area contributed by atoms with Crippen molar-refractivity contribution in [3.05, 3.63) is 23.8 Å². The lowest BCUT2D eigenvalue weighted by Crippen LogP contribution is -2.51.